The Morgan fingerprint density at radius 1 is 1.50 bits per heavy atom. The Morgan fingerprint density at radius 2 is 2.25 bits per heavy atom. The van der Waals surface area contributed by atoms with E-state index in [2.05, 4.69) is 10.3 Å². The lowest BCUT2D eigenvalue weighted by atomic mass is 9.74. The average molecular weight is 278 g/mol. The molecule has 1 heterocycles. The van der Waals surface area contributed by atoms with Gasteiger partial charge in [0.05, 0.1) is 13.0 Å². The summed E-state index contributed by atoms with van der Waals surface area (Å²) in [6, 6.07) is 3.28. The van der Waals surface area contributed by atoms with Gasteiger partial charge in [-0.15, -0.1) is 0 Å². The maximum Gasteiger partial charge on any atom is 0.341 e. The summed E-state index contributed by atoms with van der Waals surface area (Å²) in [5.74, 6) is -0.911. The van der Waals surface area contributed by atoms with Crippen molar-refractivity contribution in [3.63, 3.8) is 0 Å². The number of nitrogens with zero attached hydrogens (tertiary/aromatic N) is 1. The highest BCUT2D eigenvalue weighted by molar-refractivity contribution is 5.94. The lowest BCUT2D eigenvalue weighted by molar-refractivity contribution is -0.138. The number of carbonyl (C=O) groups is 2. The van der Waals surface area contributed by atoms with E-state index in [4.69, 9.17) is 9.84 Å². The van der Waals surface area contributed by atoms with Crippen LogP contribution in [0.3, 0.4) is 0 Å². The molecule has 1 saturated carbocycles. The number of pyridine rings is 1. The van der Waals surface area contributed by atoms with Gasteiger partial charge in [0, 0.05) is 11.7 Å². The molecule has 0 aromatic carbocycles. The van der Waals surface area contributed by atoms with Crippen molar-refractivity contribution in [1.82, 2.24) is 4.98 Å². The first-order valence-electron chi connectivity index (χ1n) is 6.68. The Bertz CT molecular complexity index is 512. The molecule has 0 aliphatic heterocycles. The number of hydrogen-bond acceptors (Lipinski definition) is 5. The van der Waals surface area contributed by atoms with Crippen molar-refractivity contribution in [1.29, 1.82) is 0 Å². The number of carboxylic acid groups (broad SMARTS) is 1. The number of rotatable bonds is 6. The Kier molecular flexibility index (Phi) is 4.22. The van der Waals surface area contributed by atoms with Crippen LogP contribution in [-0.2, 0) is 9.53 Å². The van der Waals surface area contributed by atoms with Crippen LogP contribution in [0.2, 0.25) is 0 Å². The van der Waals surface area contributed by atoms with Crippen LogP contribution < -0.4 is 5.32 Å². The third kappa shape index (κ3) is 3.07. The number of aliphatic carboxylic acids is 1. The van der Waals surface area contributed by atoms with E-state index in [1.807, 2.05) is 0 Å². The first kappa shape index (κ1) is 14.3. The van der Waals surface area contributed by atoms with E-state index >= 15 is 0 Å². The van der Waals surface area contributed by atoms with E-state index in [1.54, 1.807) is 25.3 Å². The second-order valence-electron chi connectivity index (χ2n) is 4.95. The number of anilines is 1. The van der Waals surface area contributed by atoms with Crippen LogP contribution >= 0.6 is 0 Å². The number of hydrogen-bond donors (Lipinski definition) is 2. The fraction of sp³-hybridized carbons (Fsp3) is 0.500. The number of ether oxygens (including phenoxy) is 1. The molecular formula is C14H18N2O4. The summed E-state index contributed by atoms with van der Waals surface area (Å²) in [5, 5.41) is 12.1. The quantitative estimate of drug-likeness (QED) is 0.774. The Hall–Kier alpha value is -2.11. The van der Waals surface area contributed by atoms with Crippen LogP contribution in [0.15, 0.2) is 18.3 Å². The van der Waals surface area contributed by atoms with E-state index in [-0.39, 0.29) is 13.0 Å². The van der Waals surface area contributed by atoms with Crippen LogP contribution in [0.1, 0.15) is 43.0 Å². The van der Waals surface area contributed by atoms with Gasteiger partial charge < -0.3 is 15.2 Å². The fourth-order valence-electron chi connectivity index (χ4n) is 2.37. The molecule has 6 nitrogen and oxygen atoms in total. The average Bonchev–Trinajstić information content (AvgIpc) is 2.36. The molecule has 1 aliphatic carbocycles. The van der Waals surface area contributed by atoms with E-state index in [9.17, 15) is 9.59 Å². The molecule has 0 bridgehead atoms. The first-order chi connectivity index (χ1) is 9.56. The molecule has 1 aliphatic rings. The van der Waals surface area contributed by atoms with E-state index in [1.165, 1.54) is 0 Å². The zero-order valence-electron chi connectivity index (χ0n) is 11.4. The van der Waals surface area contributed by atoms with Crippen LogP contribution in [0.25, 0.3) is 0 Å². The topological polar surface area (TPSA) is 88.5 Å². The van der Waals surface area contributed by atoms with Crippen molar-refractivity contribution < 1.29 is 19.4 Å². The highest BCUT2D eigenvalue weighted by atomic mass is 16.5. The molecule has 1 fully saturated rings. The number of carboxylic acids is 1. The molecule has 108 valence electrons. The van der Waals surface area contributed by atoms with Gasteiger partial charge in [-0.1, -0.05) is 0 Å². The van der Waals surface area contributed by atoms with E-state index in [0.717, 1.165) is 19.3 Å². The number of nitrogens with one attached hydrogen (secondary N) is 1. The molecule has 6 heteroatoms. The van der Waals surface area contributed by atoms with Crippen LogP contribution in [0, 0.1) is 0 Å². The SMILES string of the molecule is CCOC(=O)c1cccnc1NC1(CC(=O)O)CCC1. The lowest BCUT2D eigenvalue weighted by Crippen LogP contribution is -2.47. The number of carbonyl (C=O) groups excluding carboxylic acids is 1. The van der Waals surface area contributed by atoms with E-state index in [0.29, 0.717) is 11.4 Å². The summed E-state index contributed by atoms with van der Waals surface area (Å²) >= 11 is 0. The van der Waals surface area contributed by atoms with Gasteiger partial charge in [-0.25, -0.2) is 9.78 Å². The zero-order valence-corrected chi connectivity index (χ0v) is 11.4. The standard InChI is InChI=1S/C14H18N2O4/c1-2-20-13(19)10-5-3-8-15-12(10)16-14(6-4-7-14)9-11(17)18/h3,5,8H,2,4,6-7,9H2,1H3,(H,15,16)(H,17,18). The van der Waals surface area contributed by atoms with Gasteiger partial charge in [0.25, 0.3) is 0 Å². The minimum Gasteiger partial charge on any atom is -0.481 e. The van der Waals surface area contributed by atoms with Gasteiger partial charge in [0.15, 0.2) is 0 Å². The molecule has 1 aromatic heterocycles. The second kappa shape index (κ2) is 5.90. The van der Waals surface area contributed by atoms with Crippen molar-refractivity contribution in [2.75, 3.05) is 11.9 Å². The largest absolute Gasteiger partial charge is 0.481 e. The zero-order chi connectivity index (χ0) is 14.6. The van der Waals surface area contributed by atoms with Gasteiger partial charge in [-0.3, -0.25) is 4.79 Å². The van der Waals surface area contributed by atoms with Crippen LogP contribution in [0.4, 0.5) is 5.82 Å². The minimum absolute atomic E-state index is 0.0197. The third-order valence-corrected chi connectivity index (χ3v) is 3.49. The summed E-state index contributed by atoms with van der Waals surface area (Å²) in [4.78, 5) is 27.0. The number of esters is 1. The van der Waals surface area contributed by atoms with Gasteiger partial charge in [0.1, 0.15) is 11.4 Å². The molecule has 0 unspecified atom stereocenters. The predicted octanol–water partition coefficient (Wildman–Crippen LogP) is 2.07. The lowest BCUT2D eigenvalue weighted by Gasteiger charge is -2.42. The van der Waals surface area contributed by atoms with Crippen LogP contribution in [-0.4, -0.2) is 34.2 Å². The predicted molar refractivity (Wildman–Crippen MR) is 72.7 cm³/mol. The van der Waals surface area contributed by atoms with Gasteiger partial charge >= 0.3 is 11.9 Å². The van der Waals surface area contributed by atoms with Crippen molar-refractivity contribution in [3.05, 3.63) is 23.9 Å². The Morgan fingerprint density at radius 3 is 2.80 bits per heavy atom. The molecule has 0 amide bonds. The molecule has 2 rings (SSSR count). The monoisotopic (exact) mass is 278 g/mol. The summed E-state index contributed by atoms with van der Waals surface area (Å²) in [6.07, 6.45) is 4.09. The second-order valence-corrected chi connectivity index (χ2v) is 4.95. The highest BCUT2D eigenvalue weighted by Crippen LogP contribution is 2.38. The van der Waals surface area contributed by atoms with Gasteiger partial charge in [-0.05, 0) is 38.3 Å². The molecule has 0 saturated heterocycles. The van der Waals surface area contributed by atoms with E-state index < -0.39 is 17.5 Å². The summed E-state index contributed by atoms with van der Waals surface area (Å²) in [6.45, 7) is 2.02. The van der Waals surface area contributed by atoms with Gasteiger partial charge in [0.2, 0.25) is 0 Å². The maximum atomic E-state index is 11.9. The smallest absolute Gasteiger partial charge is 0.341 e. The summed E-state index contributed by atoms with van der Waals surface area (Å²) < 4.78 is 4.98. The molecule has 20 heavy (non-hydrogen) atoms. The molecular weight excluding hydrogens is 260 g/mol. The van der Waals surface area contributed by atoms with Crippen molar-refractivity contribution >= 4 is 17.8 Å². The first-order valence-corrected chi connectivity index (χ1v) is 6.68. The van der Waals surface area contributed by atoms with Crippen molar-refractivity contribution in [2.45, 2.75) is 38.1 Å². The number of aromatic nitrogens is 1. The van der Waals surface area contributed by atoms with Crippen LogP contribution in [0.5, 0.6) is 0 Å². The van der Waals surface area contributed by atoms with Crippen molar-refractivity contribution in [2.24, 2.45) is 0 Å². The Balaban J connectivity index is 2.20. The van der Waals surface area contributed by atoms with Gasteiger partial charge in [-0.2, -0.15) is 0 Å². The third-order valence-electron chi connectivity index (χ3n) is 3.49. The fourth-order valence-corrected chi connectivity index (χ4v) is 2.37. The maximum absolute atomic E-state index is 11.9. The Labute approximate surface area is 117 Å². The van der Waals surface area contributed by atoms with Crippen molar-refractivity contribution in [3.8, 4) is 0 Å². The molecule has 0 spiro atoms. The molecule has 1 aromatic rings. The minimum atomic E-state index is -0.856. The normalized spacial score (nSPS) is 16.1. The molecule has 0 atom stereocenters. The summed E-state index contributed by atoms with van der Waals surface area (Å²) in [5.41, 5.74) is -0.160. The highest BCUT2D eigenvalue weighted by Gasteiger charge is 2.40. The molecule has 0 radical (unpaired) electrons. The summed E-state index contributed by atoms with van der Waals surface area (Å²) in [7, 11) is 0. The molecule has 2 N–H and O–H groups in total.